The third-order valence-corrected chi connectivity index (χ3v) is 2.11. The Bertz CT molecular complexity index is 184. The van der Waals surface area contributed by atoms with Crippen molar-refractivity contribution < 1.29 is 14.7 Å². The minimum Gasteiger partial charge on any atom is -0.480 e. The normalized spacial score (nSPS) is 12.2. The Morgan fingerprint density at radius 1 is 1.46 bits per heavy atom. The average molecular weight is 252 g/mol. The second-order valence-electron chi connectivity index (χ2n) is 2.78. The molecule has 0 unspecified atom stereocenters. The van der Waals surface area contributed by atoms with E-state index in [1.165, 1.54) is 6.92 Å². The molecule has 13 heavy (non-hydrogen) atoms. The summed E-state index contributed by atoms with van der Waals surface area (Å²) in [6.45, 7) is 1.32. The van der Waals surface area contributed by atoms with Gasteiger partial charge in [0.2, 0.25) is 5.91 Å². The van der Waals surface area contributed by atoms with Crippen LogP contribution < -0.4 is 5.32 Å². The summed E-state index contributed by atoms with van der Waals surface area (Å²) < 4.78 is 0. The fraction of sp³-hybridized carbons (Fsp3) is 0.750. The van der Waals surface area contributed by atoms with E-state index in [0.29, 0.717) is 6.42 Å². The zero-order chi connectivity index (χ0) is 10.3. The Balaban J connectivity index is 3.81. The zero-order valence-electron chi connectivity index (χ0n) is 7.55. The average Bonchev–Trinajstić information content (AvgIpc) is 2.02. The molecule has 4 nitrogen and oxygen atoms in total. The Morgan fingerprint density at radius 3 is 2.46 bits per heavy atom. The van der Waals surface area contributed by atoms with Crippen LogP contribution in [0.3, 0.4) is 0 Å². The highest BCUT2D eigenvalue weighted by Crippen LogP contribution is 2.03. The van der Waals surface area contributed by atoms with Gasteiger partial charge in [-0.25, -0.2) is 4.79 Å². The first-order chi connectivity index (χ1) is 6.07. The quantitative estimate of drug-likeness (QED) is 0.550. The number of amides is 1. The zero-order valence-corrected chi connectivity index (χ0v) is 9.13. The summed E-state index contributed by atoms with van der Waals surface area (Å²) in [4.78, 5) is 21.2. The fourth-order valence-corrected chi connectivity index (χ4v) is 1.34. The van der Waals surface area contributed by atoms with E-state index in [9.17, 15) is 9.59 Å². The monoisotopic (exact) mass is 251 g/mol. The Hall–Kier alpha value is -0.580. The molecule has 0 saturated heterocycles. The number of carbonyl (C=O) groups is 2. The molecule has 0 aliphatic heterocycles. The van der Waals surface area contributed by atoms with Crippen LogP contribution in [-0.4, -0.2) is 28.4 Å². The van der Waals surface area contributed by atoms with E-state index in [1.54, 1.807) is 0 Å². The number of alkyl halides is 1. The number of carboxylic acid groups (broad SMARTS) is 1. The summed E-state index contributed by atoms with van der Waals surface area (Å²) >= 11 is 3.25. The van der Waals surface area contributed by atoms with Crippen molar-refractivity contribution in [1.29, 1.82) is 0 Å². The van der Waals surface area contributed by atoms with Gasteiger partial charge in [-0.15, -0.1) is 0 Å². The van der Waals surface area contributed by atoms with Crippen LogP contribution >= 0.6 is 15.9 Å². The number of rotatable bonds is 6. The van der Waals surface area contributed by atoms with Gasteiger partial charge in [0.15, 0.2) is 0 Å². The summed E-state index contributed by atoms with van der Waals surface area (Å²) in [5.41, 5.74) is 0. The lowest BCUT2D eigenvalue weighted by atomic mass is 10.1. The van der Waals surface area contributed by atoms with Crippen molar-refractivity contribution in [1.82, 2.24) is 5.32 Å². The van der Waals surface area contributed by atoms with Crippen LogP contribution in [-0.2, 0) is 9.59 Å². The van der Waals surface area contributed by atoms with E-state index in [4.69, 9.17) is 5.11 Å². The van der Waals surface area contributed by atoms with Crippen LogP contribution in [0.1, 0.15) is 26.2 Å². The molecule has 0 heterocycles. The number of carboxylic acids is 1. The van der Waals surface area contributed by atoms with Gasteiger partial charge in [0.1, 0.15) is 6.04 Å². The first-order valence-corrected chi connectivity index (χ1v) is 5.26. The van der Waals surface area contributed by atoms with Gasteiger partial charge in [0, 0.05) is 12.3 Å². The van der Waals surface area contributed by atoms with Crippen molar-refractivity contribution >= 4 is 27.8 Å². The third kappa shape index (κ3) is 6.57. The number of nitrogens with one attached hydrogen (secondary N) is 1. The minimum atomic E-state index is -0.968. The molecule has 0 aliphatic carbocycles. The summed E-state index contributed by atoms with van der Waals surface area (Å²) in [7, 11) is 0. The number of hydrogen-bond acceptors (Lipinski definition) is 2. The smallest absolute Gasteiger partial charge is 0.326 e. The van der Waals surface area contributed by atoms with Crippen molar-refractivity contribution in [3.63, 3.8) is 0 Å². The van der Waals surface area contributed by atoms with Crippen LogP contribution in [0.25, 0.3) is 0 Å². The van der Waals surface area contributed by atoms with Crippen molar-refractivity contribution in [3.05, 3.63) is 0 Å². The first kappa shape index (κ1) is 12.4. The molecule has 76 valence electrons. The van der Waals surface area contributed by atoms with Gasteiger partial charge < -0.3 is 10.4 Å². The van der Waals surface area contributed by atoms with E-state index < -0.39 is 12.0 Å². The van der Waals surface area contributed by atoms with Gasteiger partial charge in [-0.05, 0) is 19.3 Å². The number of hydrogen-bond donors (Lipinski definition) is 2. The Morgan fingerprint density at radius 2 is 2.08 bits per heavy atom. The molecular formula is C8H14BrNO3. The van der Waals surface area contributed by atoms with Crippen molar-refractivity contribution in [2.75, 3.05) is 5.33 Å². The molecule has 5 heteroatoms. The minimum absolute atomic E-state index is 0.300. The molecule has 0 aromatic heterocycles. The molecule has 0 rings (SSSR count). The molecule has 0 fully saturated rings. The molecule has 0 bridgehead atoms. The van der Waals surface area contributed by atoms with Gasteiger partial charge >= 0.3 is 5.97 Å². The predicted octanol–water partition coefficient (Wildman–Crippen LogP) is 1.14. The molecule has 1 atom stereocenters. The number of aliphatic carboxylic acids is 1. The van der Waals surface area contributed by atoms with Crippen molar-refractivity contribution in [2.45, 2.75) is 32.2 Å². The van der Waals surface area contributed by atoms with E-state index in [1.807, 2.05) is 0 Å². The van der Waals surface area contributed by atoms with Gasteiger partial charge in [-0.1, -0.05) is 15.9 Å². The molecule has 0 saturated carbocycles. The van der Waals surface area contributed by atoms with Gasteiger partial charge in [-0.3, -0.25) is 4.79 Å². The van der Waals surface area contributed by atoms with Gasteiger partial charge in [0.05, 0.1) is 0 Å². The maximum absolute atomic E-state index is 10.6. The van der Waals surface area contributed by atoms with Crippen molar-refractivity contribution in [3.8, 4) is 0 Å². The summed E-state index contributed by atoms with van der Waals surface area (Å²) in [6.07, 6.45) is 2.20. The van der Waals surface area contributed by atoms with Crippen LogP contribution in [0.5, 0.6) is 0 Å². The summed E-state index contributed by atoms with van der Waals surface area (Å²) in [5.74, 6) is -1.27. The molecule has 1 amide bonds. The Kier molecular flexibility index (Phi) is 6.58. The molecule has 0 aromatic carbocycles. The highest BCUT2D eigenvalue weighted by molar-refractivity contribution is 9.09. The molecule has 0 aliphatic rings. The highest BCUT2D eigenvalue weighted by Gasteiger charge is 2.16. The first-order valence-electron chi connectivity index (χ1n) is 4.13. The summed E-state index contributed by atoms with van der Waals surface area (Å²) in [5, 5.41) is 11.9. The van der Waals surface area contributed by atoms with Crippen LogP contribution in [0.15, 0.2) is 0 Å². The van der Waals surface area contributed by atoms with E-state index in [0.717, 1.165) is 18.2 Å². The predicted molar refractivity (Wildman–Crippen MR) is 52.9 cm³/mol. The highest BCUT2D eigenvalue weighted by atomic mass is 79.9. The molecular weight excluding hydrogens is 238 g/mol. The van der Waals surface area contributed by atoms with Crippen LogP contribution in [0, 0.1) is 0 Å². The lowest BCUT2D eigenvalue weighted by Crippen LogP contribution is -2.39. The van der Waals surface area contributed by atoms with Gasteiger partial charge in [-0.2, -0.15) is 0 Å². The number of carbonyl (C=O) groups excluding carboxylic acids is 1. The van der Waals surface area contributed by atoms with Crippen LogP contribution in [0.2, 0.25) is 0 Å². The SMILES string of the molecule is CC(=O)N[C@H](CCCCBr)C(=O)O. The lowest BCUT2D eigenvalue weighted by Gasteiger charge is -2.12. The molecule has 0 spiro atoms. The standard InChI is InChI=1S/C8H14BrNO3/c1-6(11)10-7(8(12)13)4-2-3-5-9/h7H,2-5H2,1H3,(H,10,11)(H,12,13)/t7-/m1/s1. The second kappa shape index (κ2) is 6.88. The van der Waals surface area contributed by atoms with E-state index in [2.05, 4.69) is 21.2 Å². The number of halogens is 1. The topological polar surface area (TPSA) is 66.4 Å². The van der Waals surface area contributed by atoms with Crippen molar-refractivity contribution in [2.24, 2.45) is 0 Å². The molecule has 0 radical (unpaired) electrons. The lowest BCUT2D eigenvalue weighted by molar-refractivity contribution is -0.141. The van der Waals surface area contributed by atoms with E-state index >= 15 is 0 Å². The maximum atomic E-state index is 10.6. The van der Waals surface area contributed by atoms with E-state index in [-0.39, 0.29) is 5.91 Å². The summed E-state index contributed by atoms with van der Waals surface area (Å²) in [6, 6.07) is -0.739. The molecule has 0 aromatic rings. The molecule has 2 N–H and O–H groups in total. The maximum Gasteiger partial charge on any atom is 0.326 e. The number of unbranched alkanes of at least 4 members (excludes halogenated alkanes) is 1. The second-order valence-corrected chi connectivity index (χ2v) is 3.57. The fourth-order valence-electron chi connectivity index (χ4n) is 0.946. The third-order valence-electron chi connectivity index (χ3n) is 1.55. The van der Waals surface area contributed by atoms with Crippen LogP contribution in [0.4, 0.5) is 0 Å². The largest absolute Gasteiger partial charge is 0.480 e. The van der Waals surface area contributed by atoms with Gasteiger partial charge in [0.25, 0.3) is 0 Å². The Labute approximate surface area is 85.8 Å².